The molecule has 0 aromatic heterocycles. The number of sulfonamides is 1. The van der Waals surface area contributed by atoms with Crippen molar-refractivity contribution in [2.24, 2.45) is 0 Å². The van der Waals surface area contributed by atoms with Crippen molar-refractivity contribution in [2.45, 2.75) is 44.6 Å². The van der Waals surface area contributed by atoms with Crippen molar-refractivity contribution in [1.82, 2.24) is 4.72 Å². The van der Waals surface area contributed by atoms with Crippen LogP contribution in [0.25, 0.3) is 0 Å². The quantitative estimate of drug-likeness (QED) is 0.920. The molecular weight excluding hydrogens is 262 g/mol. The minimum Gasteiger partial charge on any atom is -0.377 e. The lowest BCUT2D eigenvalue weighted by Crippen LogP contribution is -2.32. The SMILES string of the molecule is Cc1cc(C)c(S(=O)(=O)NC[C@@H]2CCCO2)cc1C. The van der Waals surface area contributed by atoms with Crippen LogP contribution in [0.15, 0.2) is 17.0 Å². The second-order valence-corrected chi connectivity index (χ2v) is 6.92. The Morgan fingerprint density at radius 2 is 1.89 bits per heavy atom. The summed E-state index contributed by atoms with van der Waals surface area (Å²) in [5, 5.41) is 0. The fourth-order valence-electron chi connectivity index (χ4n) is 2.31. The molecule has 0 spiro atoms. The minimum atomic E-state index is -3.45. The van der Waals surface area contributed by atoms with Gasteiger partial charge in [-0.2, -0.15) is 0 Å². The smallest absolute Gasteiger partial charge is 0.240 e. The van der Waals surface area contributed by atoms with Crippen LogP contribution in [0.2, 0.25) is 0 Å². The molecule has 0 aliphatic carbocycles. The third kappa shape index (κ3) is 3.35. The van der Waals surface area contributed by atoms with E-state index in [1.165, 1.54) is 0 Å². The molecule has 0 radical (unpaired) electrons. The van der Waals surface area contributed by atoms with Gasteiger partial charge in [-0.3, -0.25) is 0 Å². The Balaban J connectivity index is 2.16. The first kappa shape index (κ1) is 14.5. The highest BCUT2D eigenvalue weighted by Crippen LogP contribution is 2.20. The molecule has 2 rings (SSSR count). The fourth-order valence-corrected chi connectivity index (χ4v) is 3.68. The van der Waals surface area contributed by atoms with E-state index in [-0.39, 0.29) is 6.10 Å². The molecule has 0 unspecified atom stereocenters. The summed E-state index contributed by atoms with van der Waals surface area (Å²) in [6, 6.07) is 3.65. The minimum absolute atomic E-state index is 0.0154. The van der Waals surface area contributed by atoms with Gasteiger partial charge in [0.2, 0.25) is 10.0 Å². The zero-order valence-electron chi connectivity index (χ0n) is 11.7. The fraction of sp³-hybridized carbons (Fsp3) is 0.571. The molecule has 1 aliphatic rings. The predicted molar refractivity (Wildman–Crippen MR) is 74.8 cm³/mol. The van der Waals surface area contributed by atoms with Crippen molar-refractivity contribution < 1.29 is 13.2 Å². The summed E-state index contributed by atoms with van der Waals surface area (Å²) < 4.78 is 32.7. The molecule has 106 valence electrons. The van der Waals surface area contributed by atoms with Gasteiger partial charge in [0.05, 0.1) is 11.0 Å². The molecule has 1 aromatic rings. The van der Waals surface area contributed by atoms with Crippen molar-refractivity contribution in [3.8, 4) is 0 Å². The maximum atomic E-state index is 12.3. The zero-order valence-corrected chi connectivity index (χ0v) is 12.5. The molecule has 1 fully saturated rings. The third-order valence-corrected chi connectivity index (χ3v) is 5.17. The second kappa shape index (κ2) is 5.61. The molecule has 1 atom stereocenters. The van der Waals surface area contributed by atoms with Gasteiger partial charge in [-0.05, 0) is 56.4 Å². The number of hydrogen-bond acceptors (Lipinski definition) is 3. The van der Waals surface area contributed by atoms with Crippen LogP contribution in [0.5, 0.6) is 0 Å². The third-order valence-electron chi connectivity index (χ3n) is 3.61. The van der Waals surface area contributed by atoms with Gasteiger partial charge in [-0.1, -0.05) is 6.07 Å². The molecule has 1 N–H and O–H groups in total. The Bertz CT molecular complexity index is 560. The Kier molecular flexibility index (Phi) is 4.28. The van der Waals surface area contributed by atoms with Crippen LogP contribution in [0.1, 0.15) is 29.5 Å². The number of ether oxygens (including phenoxy) is 1. The largest absolute Gasteiger partial charge is 0.377 e. The van der Waals surface area contributed by atoms with E-state index in [9.17, 15) is 8.42 Å². The van der Waals surface area contributed by atoms with Crippen LogP contribution in [-0.4, -0.2) is 27.7 Å². The molecule has 0 bridgehead atoms. The summed E-state index contributed by atoms with van der Waals surface area (Å²) in [4.78, 5) is 0.369. The van der Waals surface area contributed by atoms with Gasteiger partial charge in [0.25, 0.3) is 0 Å². The van der Waals surface area contributed by atoms with E-state index in [0.717, 1.165) is 36.1 Å². The number of aryl methyl sites for hydroxylation is 3. The van der Waals surface area contributed by atoms with Gasteiger partial charge in [0.15, 0.2) is 0 Å². The van der Waals surface area contributed by atoms with Crippen LogP contribution in [0.3, 0.4) is 0 Å². The molecule has 1 saturated heterocycles. The van der Waals surface area contributed by atoms with Gasteiger partial charge in [-0.25, -0.2) is 13.1 Å². The van der Waals surface area contributed by atoms with E-state index in [0.29, 0.717) is 11.4 Å². The maximum Gasteiger partial charge on any atom is 0.240 e. The Labute approximate surface area is 115 Å². The molecule has 1 aromatic carbocycles. The van der Waals surface area contributed by atoms with Crippen molar-refractivity contribution >= 4 is 10.0 Å². The number of nitrogens with one attached hydrogen (secondary N) is 1. The van der Waals surface area contributed by atoms with E-state index in [2.05, 4.69) is 4.72 Å². The molecule has 19 heavy (non-hydrogen) atoms. The van der Waals surface area contributed by atoms with E-state index < -0.39 is 10.0 Å². The Morgan fingerprint density at radius 3 is 2.53 bits per heavy atom. The number of rotatable bonds is 4. The van der Waals surface area contributed by atoms with Crippen molar-refractivity contribution in [3.63, 3.8) is 0 Å². The lowest BCUT2D eigenvalue weighted by molar-refractivity contribution is 0.114. The molecule has 0 amide bonds. The van der Waals surface area contributed by atoms with E-state index >= 15 is 0 Å². The number of hydrogen-bond donors (Lipinski definition) is 1. The van der Waals surface area contributed by atoms with Crippen LogP contribution in [-0.2, 0) is 14.8 Å². The summed E-state index contributed by atoms with van der Waals surface area (Å²) >= 11 is 0. The summed E-state index contributed by atoms with van der Waals surface area (Å²) in [7, 11) is -3.45. The average molecular weight is 283 g/mol. The topological polar surface area (TPSA) is 55.4 Å². The first-order chi connectivity index (χ1) is 8.90. The highest BCUT2D eigenvalue weighted by molar-refractivity contribution is 7.89. The molecule has 4 nitrogen and oxygen atoms in total. The van der Waals surface area contributed by atoms with Gasteiger partial charge in [0.1, 0.15) is 0 Å². The summed E-state index contributed by atoms with van der Waals surface area (Å²) in [6.45, 7) is 6.82. The van der Waals surface area contributed by atoms with Crippen molar-refractivity contribution in [1.29, 1.82) is 0 Å². The predicted octanol–water partition coefficient (Wildman–Crippen LogP) is 2.07. The Hall–Kier alpha value is -0.910. The van der Waals surface area contributed by atoms with E-state index in [4.69, 9.17) is 4.74 Å². The summed E-state index contributed by atoms with van der Waals surface area (Å²) in [5.41, 5.74) is 2.88. The second-order valence-electron chi connectivity index (χ2n) is 5.19. The van der Waals surface area contributed by atoms with Crippen LogP contribution < -0.4 is 4.72 Å². The molecule has 0 saturated carbocycles. The highest BCUT2D eigenvalue weighted by Gasteiger charge is 2.21. The zero-order chi connectivity index (χ0) is 14.0. The molecular formula is C14H21NO3S. The highest BCUT2D eigenvalue weighted by atomic mass is 32.2. The van der Waals surface area contributed by atoms with Crippen LogP contribution >= 0.6 is 0 Å². The monoisotopic (exact) mass is 283 g/mol. The van der Waals surface area contributed by atoms with Crippen LogP contribution in [0.4, 0.5) is 0 Å². The van der Waals surface area contributed by atoms with E-state index in [1.54, 1.807) is 6.07 Å². The number of benzene rings is 1. The van der Waals surface area contributed by atoms with Gasteiger partial charge >= 0.3 is 0 Å². The molecule has 1 aliphatic heterocycles. The van der Waals surface area contributed by atoms with Gasteiger partial charge in [0, 0.05) is 13.2 Å². The average Bonchev–Trinajstić information content (AvgIpc) is 2.84. The normalized spacial score (nSPS) is 19.8. The first-order valence-corrected chi connectivity index (χ1v) is 8.07. The van der Waals surface area contributed by atoms with Gasteiger partial charge < -0.3 is 4.74 Å². The standard InChI is InChI=1S/C14H21NO3S/c1-10-7-12(3)14(8-11(10)2)19(16,17)15-9-13-5-4-6-18-13/h7-8,13,15H,4-6,9H2,1-3H3/t13-/m0/s1. The summed E-state index contributed by atoms with van der Waals surface area (Å²) in [6.07, 6.45) is 1.95. The van der Waals surface area contributed by atoms with Gasteiger partial charge in [-0.15, -0.1) is 0 Å². The van der Waals surface area contributed by atoms with Crippen molar-refractivity contribution in [2.75, 3.05) is 13.2 Å². The lowest BCUT2D eigenvalue weighted by Gasteiger charge is -2.14. The van der Waals surface area contributed by atoms with Crippen LogP contribution in [0, 0.1) is 20.8 Å². The maximum absolute atomic E-state index is 12.3. The van der Waals surface area contributed by atoms with Crippen molar-refractivity contribution in [3.05, 3.63) is 28.8 Å². The summed E-state index contributed by atoms with van der Waals surface area (Å²) in [5.74, 6) is 0. The van der Waals surface area contributed by atoms with E-state index in [1.807, 2.05) is 26.8 Å². The molecule has 1 heterocycles. The Morgan fingerprint density at radius 1 is 1.21 bits per heavy atom. The first-order valence-electron chi connectivity index (χ1n) is 6.59. The molecule has 5 heteroatoms. The lowest BCUT2D eigenvalue weighted by atomic mass is 10.1.